The number of nitrogens with two attached hydrogens (primary N) is 1. The molecule has 2 unspecified atom stereocenters. The van der Waals surface area contributed by atoms with Gasteiger partial charge in [-0.1, -0.05) is 25.5 Å². The second kappa shape index (κ2) is 9.87. The van der Waals surface area contributed by atoms with Gasteiger partial charge < -0.3 is 15.6 Å². The van der Waals surface area contributed by atoms with Crippen molar-refractivity contribution in [2.24, 2.45) is 5.73 Å². The molecule has 24 heavy (non-hydrogen) atoms. The molecule has 5 nitrogen and oxygen atoms in total. The molecule has 0 fully saturated rings. The topological polar surface area (TPSA) is 72.9 Å². The molecule has 0 bridgehead atoms. The van der Waals surface area contributed by atoms with E-state index in [1.807, 2.05) is 32.0 Å². The second-order valence-electron chi connectivity index (χ2n) is 6.05. The maximum absolute atomic E-state index is 12.1. The highest BCUT2D eigenvalue weighted by Crippen LogP contribution is 2.24. The van der Waals surface area contributed by atoms with Crippen LogP contribution in [0.2, 0.25) is 0 Å². The number of hydrogen-bond donors (Lipinski definition) is 2. The van der Waals surface area contributed by atoms with Gasteiger partial charge in [0.05, 0.1) is 23.1 Å². The molecule has 0 saturated heterocycles. The van der Waals surface area contributed by atoms with Crippen molar-refractivity contribution < 1.29 is 4.79 Å². The van der Waals surface area contributed by atoms with Crippen molar-refractivity contribution in [2.75, 3.05) is 0 Å². The molecule has 2 aromatic rings. The monoisotopic (exact) mass is 374 g/mol. The van der Waals surface area contributed by atoms with Crippen molar-refractivity contribution in [3.05, 3.63) is 30.1 Å². The van der Waals surface area contributed by atoms with Crippen molar-refractivity contribution in [1.82, 2.24) is 14.9 Å². The Bertz CT molecular complexity index is 657. The maximum Gasteiger partial charge on any atom is 0.237 e. The number of fused-ring (bicyclic) bond motifs is 1. The predicted octanol–water partition coefficient (Wildman–Crippen LogP) is 3.77. The zero-order valence-electron chi connectivity index (χ0n) is 14.7. The molecule has 0 spiro atoms. The van der Waals surface area contributed by atoms with E-state index in [-0.39, 0.29) is 42.8 Å². The van der Waals surface area contributed by atoms with E-state index in [2.05, 4.69) is 29.8 Å². The van der Waals surface area contributed by atoms with Crippen LogP contribution in [0.4, 0.5) is 0 Å². The summed E-state index contributed by atoms with van der Waals surface area (Å²) in [6.45, 7) is 8.22. The van der Waals surface area contributed by atoms with Gasteiger partial charge in [-0.15, -0.1) is 24.8 Å². The minimum absolute atomic E-state index is 0. The van der Waals surface area contributed by atoms with Crippen LogP contribution in [0.15, 0.2) is 24.3 Å². The van der Waals surface area contributed by atoms with Crippen molar-refractivity contribution in [3.63, 3.8) is 0 Å². The molecule has 1 amide bonds. The van der Waals surface area contributed by atoms with Gasteiger partial charge >= 0.3 is 0 Å². The zero-order valence-corrected chi connectivity index (χ0v) is 16.3. The highest BCUT2D eigenvalue weighted by atomic mass is 35.5. The number of imidazole rings is 1. The molecule has 1 heterocycles. The average molecular weight is 375 g/mol. The summed E-state index contributed by atoms with van der Waals surface area (Å²) in [5, 5.41) is 2.99. The van der Waals surface area contributed by atoms with E-state index >= 15 is 0 Å². The number of rotatable bonds is 6. The van der Waals surface area contributed by atoms with Crippen LogP contribution in [0.5, 0.6) is 0 Å². The molecule has 3 N–H and O–H groups in total. The Morgan fingerprint density at radius 2 is 1.88 bits per heavy atom. The lowest BCUT2D eigenvalue weighted by atomic mass is 10.1. The number of amides is 1. The molecule has 0 radical (unpaired) electrons. The van der Waals surface area contributed by atoms with E-state index in [0.29, 0.717) is 6.42 Å². The minimum atomic E-state index is -0.454. The summed E-state index contributed by atoms with van der Waals surface area (Å²) in [5.74, 6) is 0.755. The molecule has 7 heteroatoms. The molecule has 0 aliphatic carbocycles. The van der Waals surface area contributed by atoms with Gasteiger partial charge in [-0.25, -0.2) is 4.98 Å². The van der Waals surface area contributed by atoms with Gasteiger partial charge in [0.1, 0.15) is 5.82 Å². The van der Waals surface area contributed by atoms with E-state index in [0.717, 1.165) is 23.3 Å². The standard InChI is InChI=1S/C17H26N4O.2ClH/c1-5-8-13(18)17(22)19-12(4)16-20-14-9-6-7-10-15(14)21(16)11(2)3;;/h6-7,9-13H,5,8,18H2,1-4H3,(H,19,22);2*1H. The van der Waals surface area contributed by atoms with Gasteiger partial charge in [0.15, 0.2) is 0 Å². The number of nitrogens with one attached hydrogen (secondary N) is 1. The predicted molar refractivity (Wildman–Crippen MR) is 104 cm³/mol. The lowest BCUT2D eigenvalue weighted by Crippen LogP contribution is -2.42. The molecular formula is C17H28Cl2N4O. The molecule has 136 valence electrons. The van der Waals surface area contributed by atoms with Crippen molar-refractivity contribution >= 4 is 41.8 Å². The third kappa shape index (κ3) is 4.85. The van der Waals surface area contributed by atoms with Gasteiger partial charge in [0, 0.05) is 6.04 Å². The Kier molecular flexibility index (Phi) is 9.33. The first-order valence-corrected chi connectivity index (χ1v) is 7.98. The Balaban J connectivity index is 0.00000264. The molecule has 1 aromatic heterocycles. The number of hydrogen-bond acceptors (Lipinski definition) is 3. The number of halogens is 2. The van der Waals surface area contributed by atoms with E-state index in [1.54, 1.807) is 0 Å². The fourth-order valence-electron chi connectivity index (χ4n) is 2.74. The molecular weight excluding hydrogens is 347 g/mol. The summed E-state index contributed by atoms with van der Waals surface area (Å²) in [5.41, 5.74) is 7.93. The Hall–Kier alpha value is -1.30. The minimum Gasteiger partial charge on any atom is -0.345 e. The van der Waals surface area contributed by atoms with Gasteiger partial charge in [0.2, 0.25) is 5.91 Å². The van der Waals surface area contributed by atoms with Crippen LogP contribution < -0.4 is 11.1 Å². The largest absolute Gasteiger partial charge is 0.345 e. The SMILES string of the molecule is CCCC(N)C(=O)NC(C)c1nc2ccccc2n1C(C)C.Cl.Cl. The number of carbonyl (C=O) groups excluding carboxylic acids is 1. The number of benzene rings is 1. The molecule has 0 aliphatic heterocycles. The maximum atomic E-state index is 12.1. The van der Waals surface area contributed by atoms with Gasteiger partial charge in [-0.2, -0.15) is 0 Å². The number of carbonyl (C=O) groups is 1. The van der Waals surface area contributed by atoms with Crippen molar-refractivity contribution in [2.45, 2.75) is 58.7 Å². The van der Waals surface area contributed by atoms with E-state index in [9.17, 15) is 4.79 Å². The average Bonchev–Trinajstić information content (AvgIpc) is 2.87. The number of nitrogens with zero attached hydrogens (tertiary/aromatic N) is 2. The molecule has 2 rings (SSSR count). The highest BCUT2D eigenvalue weighted by Gasteiger charge is 2.21. The quantitative estimate of drug-likeness (QED) is 0.807. The van der Waals surface area contributed by atoms with Gasteiger partial charge in [-0.05, 0) is 39.3 Å². The molecule has 0 aliphatic rings. The molecule has 1 aromatic carbocycles. The summed E-state index contributed by atoms with van der Waals surface area (Å²) in [6.07, 6.45) is 1.59. The summed E-state index contributed by atoms with van der Waals surface area (Å²) >= 11 is 0. The smallest absolute Gasteiger partial charge is 0.237 e. The molecule has 0 saturated carbocycles. The summed E-state index contributed by atoms with van der Waals surface area (Å²) in [6, 6.07) is 7.68. The fourth-order valence-corrected chi connectivity index (χ4v) is 2.74. The van der Waals surface area contributed by atoms with Crippen LogP contribution >= 0.6 is 24.8 Å². The highest BCUT2D eigenvalue weighted by molar-refractivity contribution is 5.85. The summed E-state index contributed by atoms with van der Waals surface area (Å²) < 4.78 is 2.17. The fraction of sp³-hybridized carbons (Fsp3) is 0.529. The lowest BCUT2D eigenvalue weighted by molar-refractivity contribution is -0.123. The summed E-state index contributed by atoms with van der Waals surface area (Å²) in [4.78, 5) is 16.8. The van der Waals surface area contributed by atoms with Crippen LogP contribution in [0.1, 0.15) is 58.4 Å². The van der Waals surface area contributed by atoms with Crippen LogP contribution in [0.25, 0.3) is 11.0 Å². The van der Waals surface area contributed by atoms with Crippen LogP contribution in [0, 0.1) is 0 Å². The number of aromatic nitrogens is 2. The number of para-hydroxylation sites is 2. The lowest BCUT2D eigenvalue weighted by Gasteiger charge is -2.20. The normalized spacial score (nSPS) is 13.1. The first kappa shape index (κ1) is 22.7. The van der Waals surface area contributed by atoms with Crippen LogP contribution in [0.3, 0.4) is 0 Å². The van der Waals surface area contributed by atoms with E-state index in [1.165, 1.54) is 0 Å². The Labute approximate surface area is 156 Å². The third-order valence-corrected chi connectivity index (χ3v) is 3.82. The molecule has 2 atom stereocenters. The van der Waals surface area contributed by atoms with Crippen LogP contribution in [-0.2, 0) is 4.79 Å². The van der Waals surface area contributed by atoms with Crippen molar-refractivity contribution in [3.8, 4) is 0 Å². The van der Waals surface area contributed by atoms with Crippen LogP contribution in [-0.4, -0.2) is 21.5 Å². The second-order valence-corrected chi connectivity index (χ2v) is 6.05. The van der Waals surface area contributed by atoms with Gasteiger partial charge in [0.25, 0.3) is 0 Å². The third-order valence-electron chi connectivity index (χ3n) is 3.82. The van der Waals surface area contributed by atoms with Crippen molar-refractivity contribution in [1.29, 1.82) is 0 Å². The zero-order chi connectivity index (χ0) is 16.3. The Morgan fingerprint density at radius 1 is 1.25 bits per heavy atom. The first-order chi connectivity index (χ1) is 10.5. The summed E-state index contributed by atoms with van der Waals surface area (Å²) in [7, 11) is 0. The Morgan fingerprint density at radius 3 is 2.46 bits per heavy atom. The van der Waals surface area contributed by atoms with Gasteiger partial charge in [-0.3, -0.25) is 4.79 Å². The van der Waals surface area contributed by atoms with E-state index in [4.69, 9.17) is 10.7 Å². The first-order valence-electron chi connectivity index (χ1n) is 7.98. The van der Waals surface area contributed by atoms with E-state index < -0.39 is 6.04 Å².